The van der Waals surface area contributed by atoms with Gasteiger partial charge in [0.05, 0.1) is 29.4 Å². The van der Waals surface area contributed by atoms with E-state index in [1.165, 1.54) is 38.4 Å². The van der Waals surface area contributed by atoms with E-state index in [-0.39, 0.29) is 35.3 Å². The molecule has 44 heavy (non-hydrogen) atoms. The number of ether oxygens (including phenoxy) is 1. The zero-order chi connectivity index (χ0) is 31.9. The molecule has 2 N–H and O–H groups in total. The van der Waals surface area contributed by atoms with E-state index in [4.69, 9.17) is 4.74 Å². The highest BCUT2D eigenvalue weighted by atomic mass is 79.9. The summed E-state index contributed by atoms with van der Waals surface area (Å²) in [4.78, 5) is 37.5. The SMILES string of the molecule is CCOC(=O)c1ccc(NC(=O)CSc2nnc(CNC(=O)c3ccc(S(=O)(=O)N(C)C)cc3)n2-c2ccc(Br)cc2)cc1. The molecule has 0 aliphatic heterocycles. The lowest BCUT2D eigenvalue weighted by molar-refractivity contribution is -0.113. The van der Waals surface area contributed by atoms with Crippen LogP contribution in [0.15, 0.2) is 87.3 Å². The number of anilines is 1. The van der Waals surface area contributed by atoms with Gasteiger partial charge in [-0.2, -0.15) is 0 Å². The van der Waals surface area contributed by atoms with Crippen LogP contribution in [0.4, 0.5) is 5.69 Å². The van der Waals surface area contributed by atoms with Gasteiger partial charge < -0.3 is 15.4 Å². The number of nitrogens with zero attached hydrogens (tertiary/aromatic N) is 4. The zero-order valence-corrected chi connectivity index (χ0v) is 27.2. The van der Waals surface area contributed by atoms with Crippen molar-refractivity contribution >= 4 is 61.2 Å². The van der Waals surface area contributed by atoms with Crippen LogP contribution in [-0.2, 0) is 26.1 Å². The van der Waals surface area contributed by atoms with Crippen LogP contribution >= 0.6 is 27.7 Å². The molecule has 0 saturated carbocycles. The number of hydrogen-bond acceptors (Lipinski definition) is 9. The molecule has 0 unspecified atom stereocenters. The average molecular weight is 702 g/mol. The number of halogens is 1. The molecule has 0 aliphatic carbocycles. The molecule has 15 heteroatoms. The van der Waals surface area contributed by atoms with E-state index in [0.29, 0.717) is 22.2 Å². The summed E-state index contributed by atoms with van der Waals surface area (Å²) in [7, 11) is -0.750. The summed E-state index contributed by atoms with van der Waals surface area (Å²) < 4.78 is 33.3. The highest BCUT2D eigenvalue weighted by molar-refractivity contribution is 9.10. The highest BCUT2D eigenvalue weighted by Crippen LogP contribution is 2.24. The van der Waals surface area contributed by atoms with Gasteiger partial charge in [-0.15, -0.1) is 10.2 Å². The quantitative estimate of drug-likeness (QED) is 0.164. The van der Waals surface area contributed by atoms with Crippen LogP contribution in [0.1, 0.15) is 33.5 Å². The number of carbonyl (C=O) groups excluding carboxylic acids is 3. The van der Waals surface area contributed by atoms with Gasteiger partial charge in [0.25, 0.3) is 5.91 Å². The van der Waals surface area contributed by atoms with Gasteiger partial charge in [-0.1, -0.05) is 27.7 Å². The number of esters is 1. The van der Waals surface area contributed by atoms with Crippen molar-refractivity contribution in [3.8, 4) is 5.69 Å². The summed E-state index contributed by atoms with van der Waals surface area (Å²) in [6.07, 6.45) is 0. The van der Waals surface area contributed by atoms with E-state index in [0.717, 1.165) is 26.2 Å². The molecule has 0 aliphatic rings. The Bertz CT molecular complexity index is 1740. The van der Waals surface area contributed by atoms with Crippen molar-refractivity contribution in [3.05, 3.63) is 94.2 Å². The fourth-order valence-corrected chi connectivity index (χ4v) is 5.78. The summed E-state index contributed by atoms with van der Waals surface area (Å²) >= 11 is 4.59. The molecule has 1 heterocycles. The first-order valence-corrected chi connectivity index (χ1v) is 16.4. The van der Waals surface area contributed by atoms with Gasteiger partial charge in [0, 0.05) is 35.5 Å². The van der Waals surface area contributed by atoms with Gasteiger partial charge in [-0.3, -0.25) is 14.2 Å². The van der Waals surface area contributed by atoms with Crippen molar-refractivity contribution < 1.29 is 27.5 Å². The lowest BCUT2D eigenvalue weighted by Crippen LogP contribution is -2.25. The van der Waals surface area contributed by atoms with Crippen molar-refractivity contribution in [1.82, 2.24) is 24.4 Å². The number of thioether (sulfide) groups is 1. The van der Waals surface area contributed by atoms with Crippen molar-refractivity contribution in [2.45, 2.75) is 23.5 Å². The summed E-state index contributed by atoms with van der Waals surface area (Å²) in [6, 6.07) is 19.4. The van der Waals surface area contributed by atoms with Crippen LogP contribution in [0, 0.1) is 0 Å². The molecule has 0 radical (unpaired) electrons. The van der Waals surface area contributed by atoms with Crippen LogP contribution in [0.5, 0.6) is 0 Å². The fourth-order valence-electron chi connectivity index (χ4n) is 3.84. The predicted octanol–water partition coefficient (Wildman–Crippen LogP) is 4.12. The van der Waals surface area contributed by atoms with Gasteiger partial charge in [0.1, 0.15) is 0 Å². The lowest BCUT2D eigenvalue weighted by Gasteiger charge is -2.12. The summed E-state index contributed by atoms with van der Waals surface area (Å²) in [5.41, 5.74) is 1.90. The van der Waals surface area contributed by atoms with E-state index < -0.39 is 21.9 Å². The highest BCUT2D eigenvalue weighted by Gasteiger charge is 2.19. The molecule has 0 atom stereocenters. The standard InChI is InChI=1S/C29H29BrN6O6S2/c1-4-42-28(39)20-5-11-22(12-6-20)32-26(37)18-43-29-34-33-25(36(29)23-13-9-21(30)10-14-23)17-31-27(38)19-7-15-24(16-8-19)44(40,41)35(2)3/h5-16H,4,17-18H2,1-3H3,(H,31,38)(H,32,37). The molecule has 4 aromatic rings. The number of carbonyl (C=O) groups is 3. The first kappa shape index (κ1) is 32.9. The number of aromatic nitrogens is 3. The fraction of sp³-hybridized carbons (Fsp3) is 0.207. The maximum Gasteiger partial charge on any atom is 0.338 e. The smallest absolute Gasteiger partial charge is 0.338 e. The second-order valence-electron chi connectivity index (χ2n) is 9.34. The zero-order valence-electron chi connectivity index (χ0n) is 24.0. The number of rotatable bonds is 12. The minimum Gasteiger partial charge on any atom is -0.462 e. The molecule has 4 rings (SSSR count). The van der Waals surface area contributed by atoms with Gasteiger partial charge in [0.15, 0.2) is 11.0 Å². The van der Waals surface area contributed by atoms with Crippen LogP contribution < -0.4 is 10.6 Å². The van der Waals surface area contributed by atoms with Gasteiger partial charge in [0.2, 0.25) is 15.9 Å². The van der Waals surface area contributed by atoms with Gasteiger partial charge in [-0.05, 0) is 79.7 Å². The third-order valence-corrected chi connectivity index (χ3v) is 9.39. The average Bonchev–Trinajstić information content (AvgIpc) is 3.42. The summed E-state index contributed by atoms with van der Waals surface area (Å²) in [5.74, 6) is -0.716. The Morgan fingerprint density at radius 2 is 1.57 bits per heavy atom. The Kier molecular flexibility index (Phi) is 10.9. The monoisotopic (exact) mass is 700 g/mol. The molecule has 12 nitrogen and oxygen atoms in total. The number of nitrogens with one attached hydrogen (secondary N) is 2. The number of benzene rings is 3. The first-order chi connectivity index (χ1) is 21.0. The van der Waals surface area contributed by atoms with Gasteiger partial charge in [-0.25, -0.2) is 17.5 Å². The Labute approximate surface area is 267 Å². The Morgan fingerprint density at radius 3 is 2.18 bits per heavy atom. The molecule has 3 aromatic carbocycles. The Morgan fingerprint density at radius 1 is 0.932 bits per heavy atom. The molecule has 0 bridgehead atoms. The molecular weight excluding hydrogens is 672 g/mol. The second kappa shape index (κ2) is 14.6. The number of amides is 2. The largest absolute Gasteiger partial charge is 0.462 e. The molecule has 2 amide bonds. The van der Waals surface area contributed by atoms with E-state index in [9.17, 15) is 22.8 Å². The second-order valence-corrected chi connectivity index (χ2v) is 13.3. The summed E-state index contributed by atoms with van der Waals surface area (Å²) in [5, 5.41) is 14.5. The van der Waals surface area contributed by atoms with E-state index in [2.05, 4.69) is 36.8 Å². The van der Waals surface area contributed by atoms with Crippen LogP contribution in [-0.4, -0.2) is 71.7 Å². The minimum atomic E-state index is -3.62. The number of sulfonamides is 1. The number of hydrogen-bond donors (Lipinski definition) is 2. The topological polar surface area (TPSA) is 153 Å². The van der Waals surface area contributed by atoms with Gasteiger partial charge >= 0.3 is 5.97 Å². The lowest BCUT2D eigenvalue weighted by atomic mass is 10.2. The van der Waals surface area contributed by atoms with Crippen molar-refractivity contribution in [3.63, 3.8) is 0 Å². The normalized spacial score (nSPS) is 11.3. The molecule has 0 spiro atoms. The van der Waals surface area contributed by atoms with Crippen molar-refractivity contribution in [1.29, 1.82) is 0 Å². The Hall–Kier alpha value is -4.05. The molecule has 1 aromatic heterocycles. The summed E-state index contributed by atoms with van der Waals surface area (Å²) in [6.45, 7) is 2.01. The minimum absolute atomic E-state index is 0.0131. The van der Waals surface area contributed by atoms with E-state index in [1.54, 1.807) is 35.8 Å². The van der Waals surface area contributed by atoms with Crippen LogP contribution in [0.3, 0.4) is 0 Å². The van der Waals surface area contributed by atoms with E-state index >= 15 is 0 Å². The van der Waals surface area contributed by atoms with Crippen molar-refractivity contribution in [2.24, 2.45) is 0 Å². The predicted molar refractivity (Wildman–Crippen MR) is 169 cm³/mol. The third kappa shape index (κ3) is 8.11. The molecule has 0 saturated heterocycles. The third-order valence-electron chi connectivity index (χ3n) is 6.10. The van der Waals surface area contributed by atoms with Crippen LogP contribution in [0.2, 0.25) is 0 Å². The van der Waals surface area contributed by atoms with Crippen LogP contribution in [0.25, 0.3) is 5.69 Å². The molecular formula is C29H29BrN6O6S2. The van der Waals surface area contributed by atoms with E-state index in [1.807, 2.05) is 24.3 Å². The maximum atomic E-state index is 12.9. The maximum absolute atomic E-state index is 12.9. The van der Waals surface area contributed by atoms with Crippen molar-refractivity contribution in [2.75, 3.05) is 31.8 Å². The molecule has 230 valence electrons. The Balaban J connectivity index is 1.45. The first-order valence-electron chi connectivity index (χ1n) is 13.2. The molecule has 0 fully saturated rings.